The number of pyridine rings is 1. The van der Waals surface area contributed by atoms with Crippen LogP contribution in [0.1, 0.15) is 16.9 Å². The molecule has 26 heavy (non-hydrogen) atoms. The molecule has 1 aliphatic heterocycles. The number of hydrogen-bond donors (Lipinski definition) is 3. The number of hydrogen-bond acceptors (Lipinski definition) is 6. The zero-order valence-electron chi connectivity index (χ0n) is 14.3. The van der Waals surface area contributed by atoms with Crippen LogP contribution in [0.3, 0.4) is 0 Å². The van der Waals surface area contributed by atoms with Crippen LogP contribution in [-0.4, -0.2) is 67.3 Å². The minimum Gasteiger partial charge on any atom is -0.545 e. The van der Waals surface area contributed by atoms with E-state index >= 15 is 0 Å². The first-order valence-electron chi connectivity index (χ1n) is 8.21. The van der Waals surface area contributed by atoms with Crippen molar-refractivity contribution in [3.8, 4) is 0 Å². The third-order valence-corrected chi connectivity index (χ3v) is 3.45. The van der Waals surface area contributed by atoms with Gasteiger partial charge < -0.3 is 30.0 Å². The second-order valence-corrected chi connectivity index (χ2v) is 5.43. The Kier molecular flexibility index (Phi) is 10.3. The average molecular weight is 365 g/mol. The molecule has 3 N–H and O–H groups in total. The number of carboxylic acids is 2. The highest BCUT2D eigenvalue weighted by Crippen LogP contribution is 1.92. The van der Waals surface area contributed by atoms with Crippen LogP contribution in [0, 0.1) is 0 Å². The number of carbonyl (C=O) groups excluding carboxylic acids is 2. The molecule has 2 rings (SSSR count). The normalized spacial score (nSPS) is 14.3. The summed E-state index contributed by atoms with van der Waals surface area (Å²) in [6, 6.07) is 5.35. The number of carbonyl (C=O) groups is 3. The first-order chi connectivity index (χ1) is 12.5. The number of amides is 1. The highest BCUT2D eigenvalue weighted by Gasteiger charge is 2.13. The van der Waals surface area contributed by atoms with Crippen LogP contribution in [0.5, 0.6) is 0 Å². The zero-order valence-corrected chi connectivity index (χ0v) is 14.3. The summed E-state index contributed by atoms with van der Waals surface area (Å²) in [7, 11) is 0. The molecule has 0 aliphatic carbocycles. The van der Waals surface area contributed by atoms with Crippen molar-refractivity contribution in [1.82, 2.24) is 10.3 Å². The molecule has 0 aromatic carbocycles. The van der Waals surface area contributed by atoms with Crippen molar-refractivity contribution >= 4 is 17.8 Å². The molecule has 9 nitrogen and oxygen atoms in total. The van der Waals surface area contributed by atoms with E-state index in [0.717, 1.165) is 39.3 Å². The molecule has 0 atom stereocenters. The summed E-state index contributed by atoms with van der Waals surface area (Å²) in [5.74, 6) is -2.89. The van der Waals surface area contributed by atoms with Gasteiger partial charge in [-0.05, 0) is 18.2 Å². The summed E-state index contributed by atoms with van der Waals surface area (Å²) in [4.78, 5) is 36.2. The lowest BCUT2D eigenvalue weighted by atomic mass is 10.3. The SMILES string of the molecule is O=C(NCCC[NH+]1CCOCC1)c1ccccn1.O=C([O-])/C=C/C(=O)O. The Morgan fingerprint density at radius 2 is 2.00 bits per heavy atom. The summed E-state index contributed by atoms with van der Waals surface area (Å²) >= 11 is 0. The molecular weight excluding hydrogens is 342 g/mol. The van der Waals surface area contributed by atoms with Gasteiger partial charge in [-0.2, -0.15) is 0 Å². The zero-order chi connectivity index (χ0) is 19.2. The number of morpholine rings is 1. The first kappa shape index (κ1) is 21.3. The van der Waals surface area contributed by atoms with Crippen LogP contribution in [0.2, 0.25) is 0 Å². The quantitative estimate of drug-likeness (QED) is 0.359. The molecule has 0 saturated carbocycles. The molecule has 1 aromatic heterocycles. The number of rotatable bonds is 7. The van der Waals surface area contributed by atoms with Gasteiger partial charge >= 0.3 is 5.97 Å². The standard InChI is InChI=1S/C13H19N3O2.C4H4O4/c17-13(12-4-1-2-5-14-12)15-6-3-7-16-8-10-18-11-9-16;5-3(6)1-2-4(7)8/h1-2,4-5H,3,6-11H2,(H,15,17);1-2H,(H,5,6)(H,7,8)/b;2-1+. The summed E-state index contributed by atoms with van der Waals surface area (Å²) in [5.41, 5.74) is 0.483. The Hall–Kier alpha value is -2.78. The third kappa shape index (κ3) is 10.2. The minimum atomic E-state index is -1.51. The predicted molar refractivity (Wildman–Crippen MR) is 89.4 cm³/mol. The molecule has 1 aromatic rings. The van der Waals surface area contributed by atoms with Crippen molar-refractivity contribution in [1.29, 1.82) is 0 Å². The molecule has 1 amide bonds. The maximum absolute atomic E-state index is 11.7. The molecular formula is C17H23N3O6. The molecule has 0 spiro atoms. The number of nitrogens with one attached hydrogen (secondary N) is 2. The van der Waals surface area contributed by atoms with Crippen LogP contribution < -0.4 is 15.3 Å². The Balaban J connectivity index is 0.000000359. The fraction of sp³-hybridized carbons (Fsp3) is 0.412. The molecule has 1 aliphatic rings. The number of aromatic nitrogens is 1. The van der Waals surface area contributed by atoms with Gasteiger partial charge in [-0.15, -0.1) is 0 Å². The average Bonchev–Trinajstić information content (AvgIpc) is 2.65. The predicted octanol–water partition coefficient (Wildman–Crippen LogP) is -2.51. The van der Waals surface area contributed by atoms with Crippen LogP contribution in [0.4, 0.5) is 0 Å². The van der Waals surface area contributed by atoms with Gasteiger partial charge in [0.1, 0.15) is 18.8 Å². The number of aliphatic carboxylic acids is 2. The number of carboxylic acid groups (broad SMARTS) is 2. The highest BCUT2D eigenvalue weighted by molar-refractivity contribution is 5.92. The van der Waals surface area contributed by atoms with Crippen molar-refractivity contribution in [3.63, 3.8) is 0 Å². The fourth-order valence-corrected chi connectivity index (χ4v) is 2.18. The topological polar surface area (TPSA) is 133 Å². The number of ether oxygens (including phenoxy) is 1. The van der Waals surface area contributed by atoms with Crippen molar-refractivity contribution in [3.05, 3.63) is 42.2 Å². The van der Waals surface area contributed by atoms with Gasteiger partial charge in [0.2, 0.25) is 0 Å². The lowest BCUT2D eigenvalue weighted by Crippen LogP contribution is -3.14. The van der Waals surface area contributed by atoms with Crippen molar-refractivity contribution in [2.75, 3.05) is 39.4 Å². The summed E-state index contributed by atoms with van der Waals surface area (Å²) in [6.45, 7) is 5.67. The molecule has 1 saturated heterocycles. The molecule has 142 valence electrons. The first-order valence-corrected chi connectivity index (χ1v) is 8.21. The minimum absolute atomic E-state index is 0.0902. The van der Waals surface area contributed by atoms with Gasteiger partial charge in [0.15, 0.2) is 0 Å². The fourth-order valence-electron chi connectivity index (χ4n) is 2.18. The Bertz CT molecular complexity index is 584. The largest absolute Gasteiger partial charge is 0.545 e. The molecule has 2 heterocycles. The summed E-state index contributed by atoms with van der Waals surface area (Å²) in [5, 5.41) is 20.1. The van der Waals surface area contributed by atoms with E-state index in [-0.39, 0.29) is 5.91 Å². The number of quaternary nitrogens is 1. The van der Waals surface area contributed by atoms with Crippen molar-refractivity contribution in [2.45, 2.75) is 6.42 Å². The van der Waals surface area contributed by atoms with E-state index < -0.39 is 11.9 Å². The van der Waals surface area contributed by atoms with Crippen LogP contribution in [0.15, 0.2) is 36.5 Å². The summed E-state index contributed by atoms with van der Waals surface area (Å²) < 4.78 is 5.30. The summed E-state index contributed by atoms with van der Waals surface area (Å²) in [6.07, 6.45) is 3.57. The molecule has 0 radical (unpaired) electrons. The Morgan fingerprint density at radius 3 is 2.54 bits per heavy atom. The van der Waals surface area contributed by atoms with Crippen LogP contribution in [0.25, 0.3) is 0 Å². The molecule has 9 heteroatoms. The van der Waals surface area contributed by atoms with E-state index in [1.54, 1.807) is 23.2 Å². The van der Waals surface area contributed by atoms with Gasteiger partial charge in [0.25, 0.3) is 5.91 Å². The maximum atomic E-state index is 11.7. The maximum Gasteiger partial charge on any atom is 0.328 e. The van der Waals surface area contributed by atoms with Crippen molar-refractivity contribution < 1.29 is 34.2 Å². The van der Waals surface area contributed by atoms with Gasteiger partial charge in [-0.25, -0.2) is 4.79 Å². The third-order valence-electron chi connectivity index (χ3n) is 3.45. The molecule has 1 fully saturated rings. The highest BCUT2D eigenvalue weighted by atomic mass is 16.5. The van der Waals surface area contributed by atoms with E-state index in [4.69, 9.17) is 9.84 Å². The van der Waals surface area contributed by atoms with Crippen LogP contribution >= 0.6 is 0 Å². The second-order valence-electron chi connectivity index (χ2n) is 5.43. The monoisotopic (exact) mass is 365 g/mol. The van der Waals surface area contributed by atoms with E-state index in [2.05, 4.69) is 10.3 Å². The van der Waals surface area contributed by atoms with Gasteiger partial charge in [-0.3, -0.25) is 9.78 Å². The lowest BCUT2D eigenvalue weighted by molar-refractivity contribution is -0.908. The number of nitrogens with zero attached hydrogens (tertiary/aromatic N) is 1. The van der Waals surface area contributed by atoms with E-state index in [1.165, 1.54) is 0 Å². The Morgan fingerprint density at radius 1 is 1.27 bits per heavy atom. The van der Waals surface area contributed by atoms with E-state index in [0.29, 0.717) is 24.4 Å². The van der Waals surface area contributed by atoms with E-state index in [9.17, 15) is 19.5 Å². The van der Waals surface area contributed by atoms with E-state index in [1.807, 2.05) is 6.07 Å². The molecule has 0 unspecified atom stereocenters. The van der Waals surface area contributed by atoms with Gasteiger partial charge in [-0.1, -0.05) is 6.07 Å². The lowest BCUT2D eigenvalue weighted by Gasteiger charge is -2.23. The second kappa shape index (κ2) is 12.6. The van der Waals surface area contributed by atoms with Gasteiger partial charge in [0.05, 0.1) is 25.7 Å². The van der Waals surface area contributed by atoms with Crippen molar-refractivity contribution in [2.24, 2.45) is 0 Å². The molecule has 0 bridgehead atoms. The Labute approximate surface area is 151 Å². The van der Waals surface area contributed by atoms with Gasteiger partial charge in [0, 0.05) is 25.2 Å². The van der Waals surface area contributed by atoms with Crippen LogP contribution in [-0.2, 0) is 14.3 Å². The smallest absolute Gasteiger partial charge is 0.328 e.